The zero-order valence-corrected chi connectivity index (χ0v) is 12.8. The summed E-state index contributed by atoms with van der Waals surface area (Å²) in [5, 5.41) is 10.7. The molecular weight excluding hydrogens is 336 g/mol. The smallest absolute Gasteiger partial charge is 0.0992 e. The molecule has 1 heterocycles. The van der Waals surface area contributed by atoms with Crippen LogP contribution >= 0.6 is 27.5 Å². The summed E-state index contributed by atoms with van der Waals surface area (Å²) in [5.41, 5.74) is 2.74. The number of aromatic nitrogens is 1. The normalized spacial score (nSPS) is 10.7. The van der Waals surface area contributed by atoms with Crippen molar-refractivity contribution in [1.82, 2.24) is 4.57 Å². The molecule has 98 valence electrons. The van der Waals surface area contributed by atoms with Gasteiger partial charge in [-0.3, -0.25) is 0 Å². The summed E-state index contributed by atoms with van der Waals surface area (Å²) in [6, 6.07) is 15.8. The van der Waals surface area contributed by atoms with Gasteiger partial charge in [-0.2, -0.15) is 5.26 Å². The second-order valence-corrected chi connectivity index (χ2v) is 5.89. The fraction of sp³-hybridized carbons (Fsp3) is 0.0625. The van der Waals surface area contributed by atoms with Gasteiger partial charge in [0.05, 0.1) is 11.6 Å². The van der Waals surface area contributed by atoms with Gasteiger partial charge in [0.1, 0.15) is 0 Å². The van der Waals surface area contributed by atoms with E-state index in [1.807, 2.05) is 18.3 Å². The Morgan fingerprint density at radius 2 is 2.00 bits per heavy atom. The van der Waals surface area contributed by atoms with Crippen LogP contribution in [0.5, 0.6) is 0 Å². The Morgan fingerprint density at radius 3 is 2.75 bits per heavy atom. The summed E-state index contributed by atoms with van der Waals surface area (Å²) in [5.74, 6) is 0. The van der Waals surface area contributed by atoms with Crippen molar-refractivity contribution in [3.8, 4) is 6.07 Å². The van der Waals surface area contributed by atoms with E-state index in [0.29, 0.717) is 17.1 Å². The average Bonchev–Trinajstić information content (AvgIpc) is 2.83. The van der Waals surface area contributed by atoms with Crippen LogP contribution in [0.4, 0.5) is 0 Å². The molecular formula is C16H10BrClN2. The molecule has 2 nitrogen and oxygen atoms in total. The van der Waals surface area contributed by atoms with E-state index >= 15 is 0 Å². The second-order valence-electron chi connectivity index (χ2n) is 4.56. The maximum absolute atomic E-state index is 8.86. The van der Waals surface area contributed by atoms with Gasteiger partial charge < -0.3 is 4.57 Å². The number of nitrogens with zero attached hydrogens (tertiary/aromatic N) is 2. The Kier molecular flexibility index (Phi) is 3.52. The second kappa shape index (κ2) is 5.32. The first-order valence-electron chi connectivity index (χ1n) is 6.10. The number of nitriles is 1. The van der Waals surface area contributed by atoms with Crippen molar-refractivity contribution < 1.29 is 0 Å². The molecule has 3 aromatic rings. The summed E-state index contributed by atoms with van der Waals surface area (Å²) < 4.78 is 3.20. The molecule has 0 fully saturated rings. The van der Waals surface area contributed by atoms with Crippen LogP contribution in [0.25, 0.3) is 10.9 Å². The van der Waals surface area contributed by atoms with E-state index in [9.17, 15) is 0 Å². The molecule has 0 atom stereocenters. The monoisotopic (exact) mass is 344 g/mol. The van der Waals surface area contributed by atoms with Crippen LogP contribution in [0.1, 0.15) is 11.1 Å². The van der Waals surface area contributed by atoms with Crippen molar-refractivity contribution in [1.29, 1.82) is 5.26 Å². The lowest BCUT2D eigenvalue weighted by molar-refractivity contribution is 0.837. The van der Waals surface area contributed by atoms with Gasteiger partial charge in [0.25, 0.3) is 0 Å². The van der Waals surface area contributed by atoms with Crippen molar-refractivity contribution in [2.75, 3.05) is 0 Å². The number of hydrogen-bond donors (Lipinski definition) is 0. The van der Waals surface area contributed by atoms with Gasteiger partial charge in [-0.15, -0.1) is 0 Å². The summed E-state index contributed by atoms with van der Waals surface area (Å²) in [6.45, 7) is 0.685. The molecule has 0 spiro atoms. The molecule has 3 rings (SSSR count). The van der Waals surface area contributed by atoms with Crippen molar-refractivity contribution in [2.45, 2.75) is 6.54 Å². The lowest BCUT2D eigenvalue weighted by atomic mass is 10.1. The SMILES string of the molecule is N#Cc1ccc(Cn2ccc3ccc(Br)cc32)c(Cl)c1. The Bertz CT molecular complexity index is 830. The van der Waals surface area contributed by atoms with Crippen molar-refractivity contribution in [2.24, 2.45) is 0 Å². The number of fused-ring (bicyclic) bond motifs is 1. The number of hydrogen-bond acceptors (Lipinski definition) is 1. The molecule has 0 amide bonds. The van der Waals surface area contributed by atoms with Crippen LogP contribution in [0.15, 0.2) is 53.1 Å². The highest BCUT2D eigenvalue weighted by Crippen LogP contribution is 2.24. The highest BCUT2D eigenvalue weighted by Gasteiger charge is 2.06. The van der Waals surface area contributed by atoms with Crippen molar-refractivity contribution in [3.63, 3.8) is 0 Å². The largest absolute Gasteiger partial charge is 0.343 e. The van der Waals surface area contributed by atoms with Crippen LogP contribution < -0.4 is 0 Å². The predicted molar refractivity (Wildman–Crippen MR) is 84.9 cm³/mol. The number of rotatable bonds is 2. The molecule has 0 aliphatic rings. The van der Waals surface area contributed by atoms with E-state index in [-0.39, 0.29) is 0 Å². The molecule has 0 aliphatic carbocycles. The molecule has 1 aromatic heterocycles. The number of benzene rings is 2. The highest BCUT2D eigenvalue weighted by atomic mass is 79.9. The lowest BCUT2D eigenvalue weighted by Crippen LogP contribution is -1.98. The van der Waals surface area contributed by atoms with Crippen LogP contribution in [0.3, 0.4) is 0 Å². The molecule has 0 saturated carbocycles. The van der Waals surface area contributed by atoms with E-state index in [0.717, 1.165) is 15.6 Å². The fourth-order valence-electron chi connectivity index (χ4n) is 2.22. The molecule has 0 radical (unpaired) electrons. The van der Waals surface area contributed by atoms with Gasteiger partial charge in [-0.1, -0.05) is 39.7 Å². The van der Waals surface area contributed by atoms with Crippen LogP contribution in [0, 0.1) is 11.3 Å². The maximum Gasteiger partial charge on any atom is 0.0992 e. The van der Waals surface area contributed by atoms with Gasteiger partial charge >= 0.3 is 0 Å². The Hall–Kier alpha value is -1.76. The molecule has 2 aromatic carbocycles. The van der Waals surface area contributed by atoms with Crippen molar-refractivity contribution in [3.05, 3.63) is 69.3 Å². The van der Waals surface area contributed by atoms with Crippen LogP contribution in [-0.4, -0.2) is 4.57 Å². The maximum atomic E-state index is 8.86. The molecule has 0 aliphatic heterocycles. The lowest BCUT2D eigenvalue weighted by Gasteiger charge is -2.08. The zero-order chi connectivity index (χ0) is 14.1. The third-order valence-corrected chi connectivity index (χ3v) is 4.10. The third-order valence-electron chi connectivity index (χ3n) is 3.26. The van der Waals surface area contributed by atoms with E-state index in [1.54, 1.807) is 12.1 Å². The van der Waals surface area contributed by atoms with E-state index in [1.165, 1.54) is 5.39 Å². The van der Waals surface area contributed by atoms with Crippen LogP contribution in [0.2, 0.25) is 5.02 Å². The Morgan fingerprint density at radius 1 is 1.15 bits per heavy atom. The molecule has 20 heavy (non-hydrogen) atoms. The Balaban J connectivity index is 2.01. The summed E-state index contributed by atoms with van der Waals surface area (Å²) in [6.07, 6.45) is 2.05. The zero-order valence-electron chi connectivity index (χ0n) is 10.5. The topological polar surface area (TPSA) is 28.7 Å². The van der Waals surface area contributed by atoms with Crippen molar-refractivity contribution >= 4 is 38.4 Å². The minimum Gasteiger partial charge on any atom is -0.343 e. The highest BCUT2D eigenvalue weighted by molar-refractivity contribution is 9.10. The first-order valence-corrected chi connectivity index (χ1v) is 7.27. The van der Waals surface area contributed by atoms with Gasteiger partial charge in [0, 0.05) is 27.8 Å². The van der Waals surface area contributed by atoms with Gasteiger partial charge in [0.15, 0.2) is 0 Å². The molecule has 0 bridgehead atoms. The quantitative estimate of drug-likeness (QED) is 0.644. The summed E-state index contributed by atoms with van der Waals surface area (Å²) >= 11 is 9.73. The average molecular weight is 346 g/mol. The van der Waals surface area contributed by atoms with Gasteiger partial charge in [0.2, 0.25) is 0 Å². The molecule has 0 unspecified atom stereocenters. The fourth-order valence-corrected chi connectivity index (χ4v) is 2.81. The molecule has 0 N–H and O–H groups in total. The van der Waals surface area contributed by atoms with Gasteiger partial charge in [-0.25, -0.2) is 0 Å². The minimum atomic E-state index is 0.582. The van der Waals surface area contributed by atoms with E-state index in [2.05, 4.69) is 44.8 Å². The third kappa shape index (κ3) is 2.45. The summed E-state index contributed by atoms with van der Waals surface area (Å²) in [7, 11) is 0. The first kappa shape index (κ1) is 13.2. The number of halogens is 2. The first-order chi connectivity index (χ1) is 9.67. The summed E-state index contributed by atoms with van der Waals surface area (Å²) in [4.78, 5) is 0. The molecule has 0 saturated heterocycles. The van der Waals surface area contributed by atoms with E-state index in [4.69, 9.17) is 16.9 Å². The molecule has 4 heteroatoms. The van der Waals surface area contributed by atoms with E-state index < -0.39 is 0 Å². The van der Waals surface area contributed by atoms with Gasteiger partial charge in [-0.05, 0) is 41.3 Å². The van der Waals surface area contributed by atoms with Crippen LogP contribution in [-0.2, 0) is 6.54 Å². The predicted octanol–water partition coefficient (Wildman–Crippen LogP) is 4.98. The minimum absolute atomic E-state index is 0.582. The Labute approximate surface area is 130 Å². The standard InChI is InChI=1S/C16H10BrClN2/c17-14-4-3-12-5-6-20(16(12)8-14)10-13-2-1-11(9-19)7-15(13)18/h1-8H,10H2.